The lowest BCUT2D eigenvalue weighted by Gasteiger charge is -2.13. The first-order valence-electron chi connectivity index (χ1n) is 5.57. The van der Waals surface area contributed by atoms with Crippen LogP contribution in [0.1, 0.15) is 18.4 Å². The van der Waals surface area contributed by atoms with Gasteiger partial charge in [0, 0.05) is 6.42 Å². The van der Waals surface area contributed by atoms with Crippen LogP contribution in [0, 0.1) is 0 Å². The molecule has 0 aliphatic carbocycles. The third-order valence-corrected chi connectivity index (χ3v) is 4.47. The molecule has 1 nitrogen and oxygen atoms in total. The Hall–Kier alpha value is -0.893. The zero-order chi connectivity index (χ0) is 11.3. The van der Waals surface area contributed by atoms with Gasteiger partial charge in [0.05, 0.1) is 0 Å². The summed E-state index contributed by atoms with van der Waals surface area (Å²) in [5.41, 5.74) is 1.33. The highest BCUT2D eigenvalue weighted by molar-refractivity contribution is 7.03. The summed E-state index contributed by atoms with van der Waals surface area (Å²) in [6.07, 6.45) is 2.77. The Morgan fingerprint density at radius 3 is 2.27 bits per heavy atom. The summed E-state index contributed by atoms with van der Waals surface area (Å²) < 4.78 is 0. The molecule has 0 fully saturated rings. The van der Waals surface area contributed by atoms with Crippen molar-refractivity contribution in [1.29, 1.82) is 0 Å². The van der Waals surface area contributed by atoms with E-state index in [4.69, 9.17) is 0 Å². The number of hydrogen-bond acceptors (Lipinski definition) is 1. The molecule has 0 aliphatic rings. The lowest BCUT2D eigenvalue weighted by molar-refractivity contribution is -0.112. The van der Waals surface area contributed by atoms with Gasteiger partial charge < -0.3 is 4.79 Å². The molecule has 0 N–H and O–H groups in total. The lowest BCUT2D eigenvalue weighted by atomic mass is 10.1. The molecule has 15 heavy (non-hydrogen) atoms. The number of aryl methyl sites for hydroxylation is 1. The Bertz CT molecular complexity index is 311. The summed E-state index contributed by atoms with van der Waals surface area (Å²) in [5.74, 6) is 0. The van der Waals surface area contributed by atoms with Gasteiger partial charge in [-0.05, 0) is 18.4 Å². The second-order valence-electron chi connectivity index (χ2n) is 5.01. The van der Waals surface area contributed by atoms with Crippen LogP contribution >= 0.6 is 0 Å². The second kappa shape index (κ2) is 5.26. The molecule has 0 amide bonds. The van der Waals surface area contributed by atoms with Crippen LogP contribution in [-0.4, -0.2) is 13.5 Å². The van der Waals surface area contributed by atoms with E-state index in [9.17, 15) is 4.79 Å². The molecule has 0 bridgehead atoms. The molecular weight excluding hydrogens is 200 g/mol. The average molecular weight is 220 g/mol. The van der Waals surface area contributed by atoms with E-state index in [0.717, 1.165) is 19.3 Å². The van der Waals surface area contributed by atoms with Crippen LogP contribution in [0.25, 0.3) is 0 Å². The average Bonchev–Trinajstić information content (AvgIpc) is 2.18. The van der Waals surface area contributed by atoms with E-state index in [1.165, 1.54) is 5.56 Å². The third-order valence-electron chi connectivity index (χ3n) is 2.55. The molecule has 1 aromatic carbocycles. The topological polar surface area (TPSA) is 17.1 Å². The quantitative estimate of drug-likeness (QED) is 0.695. The van der Waals surface area contributed by atoms with Crippen LogP contribution in [0.15, 0.2) is 30.3 Å². The first-order chi connectivity index (χ1) is 7.00. The molecule has 0 aliphatic heterocycles. The van der Waals surface area contributed by atoms with Crippen molar-refractivity contribution in [2.75, 3.05) is 0 Å². The van der Waals surface area contributed by atoms with Crippen LogP contribution in [-0.2, 0) is 11.2 Å². The molecule has 0 heterocycles. The summed E-state index contributed by atoms with van der Waals surface area (Å²) in [6, 6.07) is 10.4. The zero-order valence-electron chi connectivity index (χ0n) is 9.92. The third kappa shape index (κ3) is 4.43. The zero-order valence-corrected chi connectivity index (χ0v) is 10.9. The predicted molar refractivity (Wildman–Crippen MR) is 67.7 cm³/mol. The Kier molecular flexibility index (Phi) is 4.27. The van der Waals surface area contributed by atoms with E-state index in [-0.39, 0.29) is 0 Å². The minimum atomic E-state index is -1.54. The van der Waals surface area contributed by atoms with Gasteiger partial charge in [-0.1, -0.05) is 50.0 Å². The number of carbonyl (C=O) groups is 1. The molecule has 0 radical (unpaired) electrons. The standard InChI is InChI=1S/C13H20OSi/c1-15(2,3)13(14)11-7-10-12-8-5-4-6-9-12/h4-6,8-9H,7,10-11H2,1-3H3. The van der Waals surface area contributed by atoms with Crippen molar-refractivity contribution in [3.8, 4) is 0 Å². The minimum absolute atomic E-state index is 0.499. The van der Waals surface area contributed by atoms with E-state index in [0.29, 0.717) is 5.41 Å². The van der Waals surface area contributed by atoms with Crippen molar-refractivity contribution in [3.05, 3.63) is 35.9 Å². The highest BCUT2D eigenvalue weighted by atomic mass is 28.3. The summed E-state index contributed by atoms with van der Waals surface area (Å²) in [6.45, 7) is 6.37. The Balaban J connectivity index is 2.32. The predicted octanol–water partition coefficient (Wildman–Crippen LogP) is 3.46. The van der Waals surface area contributed by atoms with E-state index >= 15 is 0 Å². The molecule has 0 unspecified atom stereocenters. The molecule has 0 atom stereocenters. The number of rotatable bonds is 5. The monoisotopic (exact) mass is 220 g/mol. The molecule has 2 heteroatoms. The van der Waals surface area contributed by atoms with Gasteiger partial charge in [0.2, 0.25) is 0 Å². The molecule has 0 aromatic heterocycles. The molecule has 0 saturated carbocycles. The van der Waals surface area contributed by atoms with Gasteiger partial charge >= 0.3 is 0 Å². The van der Waals surface area contributed by atoms with Gasteiger partial charge in [-0.3, -0.25) is 0 Å². The molecule has 1 aromatic rings. The summed E-state index contributed by atoms with van der Waals surface area (Å²) in [7, 11) is -1.54. The maximum absolute atomic E-state index is 11.7. The molecular formula is C13H20OSi. The van der Waals surface area contributed by atoms with E-state index < -0.39 is 8.07 Å². The fourth-order valence-corrected chi connectivity index (χ4v) is 2.40. The van der Waals surface area contributed by atoms with Crippen molar-refractivity contribution >= 4 is 13.5 Å². The van der Waals surface area contributed by atoms with E-state index in [2.05, 4.69) is 43.9 Å². The van der Waals surface area contributed by atoms with Crippen molar-refractivity contribution in [2.45, 2.75) is 38.9 Å². The van der Waals surface area contributed by atoms with Gasteiger partial charge in [0.15, 0.2) is 0 Å². The maximum Gasteiger partial charge on any atom is 0.123 e. The summed E-state index contributed by atoms with van der Waals surface area (Å²) in [5, 5.41) is 0.499. The van der Waals surface area contributed by atoms with Gasteiger partial charge in [-0.2, -0.15) is 0 Å². The number of carbonyl (C=O) groups excluding carboxylic acids is 1. The van der Waals surface area contributed by atoms with Crippen LogP contribution in [0.5, 0.6) is 0 Å². The smallest absolute Gasteiger partial charge is 0.123 e. The summed E-state index contributed by atoms with van der Waals surface area (Å²) >= 11 is 0. The van der Waals surface area contributed by atoms with Gasteiger partial charge in [-0.25, -0.2) is 0 Å². The molecule has 1 rings (SSSR count). The van der Waals surface area contributed by atoms with Crippen LogP contribution in [0.4, 0.5) is 0 Å². The minimum Gasteiger partial charge on any atom is -0.305 e. The second-order valence-corrected chi connectivity index (χ2v) is 10.1. The molecule has 0 saturated heterocycles. The Morgan fingerprint density at radius 1 is 1.13 bits per heavy atom. The van der Waals surface area contributed by atoms with Gasteiger partial charge in [0.25, 0.3) is 0 Å². The van der Waals surface area contributed by atoms with E-state index in [1.54, 1.807) is 0 Å². The largest absolute Gasteiger partial charge is 0.305 e. The fraction of sp³-hybridized carbons (Fsp3) is 0.462. The van der Waals surface area contributed by atoms with Crippen LogP contribution < -0.4 is 0 Å². The summed E-state index contributed by atoms with van der Waals surface area (Å²) in [4.78, 5) is 11.7. The van der Waals surface area contributed by atoms with Crippen molar-refractivity contribution in [3.63, 3.8) is 0 Å². The van der Waals surface area contributed by atoms with Gasteiger partial charge in [-0.15, -0.1) is 0 Å². The Labute approximate surface area is 93.5 Å². The normalized spacial score (nSPS) is 11.4. The van der Waals surface area contributed by atoms with Crippen molar-refractivity contribution in [1.82, 2.24) is 0 Å². The Morgan fingerprint density at radius 2 is 1.73 bits per heavy atom. The number of hydrogen-bond donors (Lipinski definition) is 0. The first kappa shape index (κ1) is 12.2. The van der Waals surface area contributed by atoms with Crippen molar-refractivity contribution in [2.24, 2.45) is 0 Å². The highest BCUT2D eigenvalue weighted by Crippen LogP contribution is 2.10. The fourth-order valence-electron chi connectivity index (χ4n) is 1.47. The number of benzene rings is 1. The van der Waals surface area contributed by atoms with E-state index in [1.807, 2.05) is 6.07 Å². The van der Waals surface area contributed by atoms with Crippen LogP contribution in [0.2, 0.25) is 19.6 Å². The van der Waals surface area contributed by atoms with Crippen molar-refractivity contribution < 1.29 is 4.79 Å². The van der Waals surface area contributed by atoms with Gasteiger partial charge in [0.1, 0.15) is 13.5 Å². The SMILES string of the molecule is C[Si](C)(C)C(=O)CCCc1ccccc1. The highest BCUT2D eigenvalue weighted by Gasteiger charge is 2.22. The first-order valence-corrected chi connectivity index (χ1v) is 9.07. The lowest BCUT2D eigenvalue weighted by Crippen LogP contribution is -2.33. The maximum atomic E-state index is 11.7. The molecule has 0 spiro atoms. The van der Waals surface area contributed by atoms with Crippen LogP contribution in [0.3, 0.4) is 0 Å². The molecule has 82 valence electrons.